The third-order valence-electron chi connectivity index (χ3n) is 17.7. The summed E-state index contributed by atoms with van der Waals surface area (Å²) in [5, 5.41) is 9.51. The van der Waals surface area contributed by atoms with Gasteiger partial charge < -0.3 is 14.9 Å². The van der Waals surface area contributed by atoms with Crippen molar-refractivity contribution < 1.29 is 18.3 Å². The van der Waals surface area contributed by atoms with Crippen LogP contribution in [-0.4, -0.2) is 32.6 Å². The maximum atomic E-state index is 17.9. The number of hydrogen-bond donors (Lipinski definition) is 2. The van der Waals surface area contributed by atoms with Crippen LogP contribution in [0, 0.1) is 52.8 Å². The van der Waals surface area contributed by atoms with Crippen molar-refractivity contribution in [1.82, 2.24) is 0 Å². The fourth-order valence-corrected chi connectivity index (χ4v) is 19.7. The van der Waals surface area contributed by atoms with Crippen molar-refractivity contribution in [2.45, 2.75) is 257 Å². The van der Waals surface area contributed by atoms with Gasteiger partial charge in [0, 0.05) is 38.7 Å². The molecule has 1 N–H and O–H groups in total. The predicted molar refractivity (Wildman–Crippen MR) is 345 cm³/mol. The topological polar surface area (TPSA) is 54.7 Å². The van der Waals surface area contributed by atoms with Gasteiger partial charge in [-0.2, -0.15) is 0 Å². The first kappa shape index (κ1) is 64.0. The first-order chi connectivity index (χ1) is 36.5. The second-order valence-electron chi connectivity index (χ2n) is 26.3. The molecule has 4 aliphatic heterocycles. The fraction of sp³-hybridized carbons (Fsp3) is 0.750. The Labute approximate surface area is 505 Å². The van der Waals surface area contributed by atoms with Gasteiger partial charge in [0.05, 0.1) is 39.9 Å². The van der Waals surface area contributed by atoms with Crippen molar-refractivity contribution in [3.05, 3.63) is 58.9 Å². The molecule has 0 saturated carbocycles. The third-order valence-corrected chi connectivity index (χ3v) is 24.4. The summed E-state index contributed by atoms with van der Waals surface area (Å²) in [4.78, 5) is 5.09. The van der Waals surface area contributed by atoms with Gasteiger partial charge in [0.25, 0.3) is 0 Å². The first-order valence-corrected chi connectivity index (χ1v) is 35.7. The van der Waals surface area contributed by atoms with E-state index >= 15 is 8.78 Å². The highest BCUT2D eigenvalue weighted by Crippen LogP contribution is 2.64. The lowest BCUT2D eigenvalue weighted by molar-refractivity contribution is 0.000108. The lowest BCUT2D eigenvalue weighted by Crippen LogP contribution is -2.40. The third kappa shape index (κ3) is 16.0. The fourth-order valence-electron chi connectivity index (χ4n) is 12.8. The molecular weight excluding hydrogens is 1190 g/mol. The molecule has 0 saturated heterocycles. The summed E-state index contributed by atoms with van der Waals surface area (Å²) in [6.07, 6.45) is 21.5. The van der Waals surface area contributed by atoms with Crippen LogP contribution in [0.4, 0.5) is 8.78 Å². The summed E-state index contributed by atoms with van der Waals surface area (Å²) in [5.41, 5.74) is 1.55. The van der Waals surface area contributed by atoms with E-state index in [1.165, 1.54) is 98.9 Å². The number of halogens is 4. The Hall–Kier alpha value is -0.570. The average molecular weight is 1280 g/mol. The van der Waals surface area contributed by atoms with Gasteiger partial charge in [-0.15, -0.1) is 46.2 Å². The lowest BCUT2D eigenvalue weighted by atomic mass is 9.75. The van der Waals surface area contributed by atoms with E-state index in [-0.39, 0.29) is 21.2 Å². The largest absolute Gasteiger partial charge is 0.486 e. The zero-order valence-electron chi connectivity index (χ0n) is 49.0. The number of thiophene rings is 2. The zero-order valence-corrected chi connectivity index (χ0v) is 56.3. The van der Waals surface area contributed by atoms with Crippen LogP contribution in [0.15, 0.2) is 52.9 Å². The molecule has 6 heterocycles. The molecule has 432 valence electrons. The molecule has 8 unspecified atom stereocenters. The van der Waals surface area contributed by atoms with Gasteiger partial charge in [-0.1, -0.05) is 176 Å². The normalized spacial score (nSPS) is 26.5. The van der Waals surface area contributed by atoms with E-state index in [0.717, 1.165) is 93.3 Å². The molecule has 2 aromatic rings. The molecule has 8 atom stereocenters. The maximum absolute atomic E-state index is 17.9. The van der Waals surface area contributed by atoms with Crippen molar-refractivity contribution in [2.24, 2.45) is 51.7 Å². The minimum Gasteiger partial charge on any atom is -0.486 e. The van der Waals surface area contributed by atoms with Gasteiger partial charge in [0.15, 0.2) is 6.17 Å². The number of rotatable bonds is 30. The Morgan fingerprint density at radius 2 is 1.14 bits per heavy atom. The van der Waals surface area contributed by atoms with E-state index in [9.17, 15) is 5.41 Å². The Morgan fingerprint density at radius 3 is 1.62 bits per heavy atom. The second-order valence-corrected chi connectivity index (χ2v) is 34.2. The molecular formula is C64H96Br2F2N2O2S5. The van der Waals surface area contributed by atoms with Crippen LogP contribution in [0.3, 0.4) is 0 Å². The molecule has 5 aliphatic rings. The van der Waals surface area contributed by atoms with Gasteiger partial charge in [0.1, 0.15) is 28.5 Å². The number of allylic oxidation sites excluding steroid dienone is 2. The van der Waals surface area contributed by atoms with E-state index in [1.807, 2.05) is 0 Å². The van der Waals surface area contributed by atoms with Crippen molar-refractivity contribution in [3.8, 4) is 15.5 Å². The summed E-state index contributed by atoms with van der Waals surface area (Å²) >= 11 is 18.9. The number of fused-ring (bicyclic) bond motifs is 4. The lowest BCUT2D eigenvalue weighted by Gasteiger charge is -2.41. The van der Waals surface area contributed by atoms with E-state index in [4.69, 9.17) is 9.47 Å². The van der Waals surface area contributed by atoms with Crippen molar-refractivity contribution in [3.63, 3.8) is 0 Å². The van der Waals surface area contributed by atoms with E-state index in [1.54, 1.807) is 34.9 Å². The minimum absolute atomic E-state index is 0.00764. The summed E-state index contributed by atoms with van der Waals surface area (Å²) < 4.78 is 56.2. The van der Waals surface area contributed by atoms with Crippen LogP contribution in [0.2, 0.25) is 0 Å². The van der Waals surface area contributed by atoms with E-state index < -0.39 is 34.4 Å². The zero-order chi connectivity index (χ0) is 55.9. The van der Waals surface area contributed by atoms with Crippen LogP contribution in [0.5, 0.6) is 5.75 Å². The number of thiol groups is 1. The number of ether oxygens (including phenoxy) is 2. The van der Waals surface area contributed by atoms with Crippen molar-refractivity contribution >= 4 is 102 Å². The van der Waals surface area contributed by atoms with Crippen molar-refractivity contribution in [1.29, 1.82) is 5.41 Å². The summed E-state index contributed by atoms with van der Waals surface area (Å²) in [5.74, 6) is 4.86. The molecule has 0 aromatic carbocycles. The van der Waals surface area contributed by atoms with Crippen LogP contribution >= 0.6 is 90.9 Å². The number of nitrogens with zero attached hydrogens (tertiary/aromatic N) is 1. The summed E-state index contributed by atoms with van der Waals surface area (Å²) in [6.45, 7) is 28.0. The van der Waals surface area contributed by atoms with E-state index in [2.05, 4.69) is 144 Å². The highest BCUT2D eigenvalue weighted by atomic mass is 79.9. The molecule has 7 rings (SSSR count). The molecule has 4 nitrogen and oxygen atoms in total. The van der Waals surface area contributed by atoms with Gasteiger partial charge >= 0.3 is 0 Å². The van der Waals surface area contributed by atoms with Crippen LogP contribution in [0.1, 0.15) is 241 Å². The van der Waals surface area contributed by atoms with Gasteiger partial charge in [-0.05, 0) is 146 Å². The standard InChI is InChI=1S/C64H96Br2F2N2O2S5/c1-37(2)17-13-21-41(9)25-29-63(30-26-42(10)22-14-18-38(3)4)45-33-49(74-59(45)61-47(71-63)35-51(65)76-61)53-55(67)56(68)54(58(70-73)57(53)69)50-34-46-60(75-50)62-48(36-52(66)77-62)72-64(46,31-27-43(11)23-15-19-39(5)6)32-28-44(12)24-16-20-40(7)8/h33,35,37-44,50,52-53,55,69,73H,13-32,34,36H2,1-12H3/b69-57?,70-58-. The number of thioether (sulfide) groups is 2. The molecule has 0 bridgehead atoms. The Morgan fingerprint density at radius 1 is 0.649 bits per heavy atom. The van der Waals surface area contributed by atoms with Crippen molar-refractivity contribution in [2.75, 3.05) is 0 Å². The number of nitrogens with one attached hydrogen (secondary N) is 1. The Balaban J connectivity index is 1.22. The molecule has 1 aliphatic carbocycles. The number of hydrogen-bond acceptors (Lipinski definition) is 9. The van der Waals surface area contributed by atoms with Crippen LogP contribution in [-0.2, 0) is 10.3 Å². The Kier molecular flexibility index (Phi) is 23.9. The quantitative estimate of drug-likeness (QED) is 0.0605. The number of alkyl halides is 2. The molecule has 0 spiro atoms. The molecule has 13 heteroatoms. The average Bonchev–Trinajstić information content (AvgIpc) is 4.27. The van der Waals surface area contributed by atoms with E-state index in [0.29, 0.717) is 58.6 Å². The van der Waals surface area contributed by atoms with Gasteiger partial charge in [0.2, 0.25) is 0 Å². The van der Waals surface area contributed by atoms with Crippen LogP contribution < -0.4 is 4.74 Å². The minimum atomic E-state index is -2.04. The molecule has 0 radical (unpaired) electrons. The SMILES string of the molecule is CC(C)CCCC(C)CCC1(CCC(C)CCCC(C)C)OC2=C(SC(Br)C2)C2=C1CC(C1=C(F)C(F)C(c3cc4c(s3)-c3sc(Br)cc3OC4(CCC(C)CCCC(C)C)CCC(C)CCCC(C)C)C(=N)/C1=N\S)S2. The molecule has 77 heavy (non-hydrogen) atoms. The maximum Gasteiger partial charge on any atom is 0.165 e. The summed E-state index contributed by atoms with van der Waals surface area (Å²) in [6, 6.07) is 4.22. The predicted octanol–water partition coefficient (Wildman–Crippen LogP) is 23.4. The monoisotopic (exact) mass is 1280 g/mol. The first-order valence-electron chi connectivity index (χ1n) is 30.2. The smallest absolute Gasteiger partial charge is 0.165 e. The summed E-state index contributed by atoms with van der Waals surface area (Å²) in [7, 11) is 0. The highest BCUT2D eigenvalue weighted by molar-refractivity contribution is 9.11. The molecule has 0 fully saturated rings. The van der Waals surface area contributed by atoms with Gasteiger partial charge in [-0.3, -0.25) is 0 Å². The second kappa shape index (κ2) is 28.8. The highest BCUT2D eigenvalue weighted by Gasteiger charge is 2.54. The molecule has 2 aromatic heterocycles. The Bertz CT molecular complexity index is 2390. The molecule has 0 amide bonds. The van der Waals surface area contributed by atoms with Gasteiger partial charge in [-0.25, -0.2) is 13.2 Å². The van der Waals surface area contributed by atoms with Crippen LogP contribution in [0.25, 0.3) is 9.75 Å².